The molecule has 0 spiro atoms. The predicted molar refractivity (Wildman–Crippen MR) is 80.6 cm³/mol. The monoisotopic (exact) mass is 250 g/mol. The number of aromatic nitrogens is 1. The number of nitrogens with zero attached hydrogens (tertiary/aromatic N) is 2. The van der Waals surface area contributed by atoms with Crippen molar-refractivity contribution in [2.24, 2.45) is 4.99 Å². The summed E-state index contributed by atoms with van der Waals surface area (Å²) in [6.45, 7) is 2.12. The predicted octanol–water partition coefficient (Wildman–Crippen LogP) is 4.22. The van der Waals surface area contributed by atoms with Crippen LogP contribution in [0, 0.1) is 6.92 Å². The SMILES string of the molecule is Cc1ccc(CCC2=NC=CCC2)c2cccnc12. The van der Waals surface area contributed by atoms with Crippen molar-refractivity contribution >= 4 is 16.6 Å². The molecule has 1 aliphatic heterocycles. The van der Waals surface area contributed by atoms with Gasteiger partial charge in [-0.2, -0.15) is 0 Å². The summed E-state index contributed by atoms with van der Waals surface area (Å²) in [4.78, 5) is 8.96. The molecule has 2 aromatic rings. The molecule has 1 aromatic carbocycles. The van der Waals surface area contributed by atoms with E-state index in [1.165, 1.54) is 22.2 Å². The Labute approximate surface area is 113 Å². The van der Waals surface area contributed by atoms with Crippen LogP contribution in [0.1, 0.15) is 30.4 Å². The van der Waals surface area contributed by atoms with Crippen LogP contribution in [-0.4, -0.2) is 10.7 Å². The lowest BCUT2D eigenvalue weighted by molar-refractivity contribution is 0.960. The Balaban J connectivity index is 1.87. The number of hydrogen-bond donors (Lipinski definition) is 0. The minimum Gasteiger partial charge on any atom is -0.266 e. The van der Waals surface area contributed by atoms with Crippen LogP contribution in [0.3, 0.4) is 0 Å². The van der Waals surface area contributed by atoms with Crippen molar-refractivity contribution in [1.82, 2.24) is 4.98 Å². The van der Waals surface area contributed by atoms with E-state index in [4.69, 9.17) is 0 Å². The quantitative estimate of drug-likeness (QED) is 0.800. The molecule has 0 N–H and O–H groups in total. The molecule has 0 bridgehead atoms. The second-order valence-electron chi connectivity index (χ2n) is 5.06. The van der Waals surface area contributed by atoms with Gasteiger partial charge in [-0.3, -0.25) is 9.98 Å². The maximum absolute atomic E-state index is 4.49. The summed E-state index contributed by atoms with van der Waals surface area (Å²) in [7, 11) is 0. The van der Waals surface area contributed by atoms with Crippen LogP contribution in [0.5, 0.6) is 0 Å². The van der Waals surface area contributed by atoms with E-state index in [9.17, 15) is 0 Å². The fourth-order valence-corrected chi connectivity index (χ4v) is 2.61. The van der Waals surface area contributed by atoms with Crippen molar-refractivity contribution < 1.29 is 0 Å². The third-order valence-corrected chi connectivity index (χ3v) is 3.71. The summed E-state index contributed by atoms with van der Waals surface area (Å²) >= 11 is 0. The minimum atomic E-state index is 1.05. The summed E-state index contributed by atoms with van der Waals surface area (Å²) in [5.74, 6) is 0. The van der Waals surface area contributed by atoms with Gasteiger partial charge in [0, 0.05) is 23.5 Å². The van der Waals surface area contributed by atoms with E-state index in [0.717, 1.165) is 31.2 Å². The Morgan fingerprint density at radius 2 is 2.11 bits per heavy atom. The molecule has 0 saturated carbocycles. The van der Waals surface area contributed by atoms with Crippen LogP contribution >= 0.6 is 0 Å². The van der Waals surface area contributed by atoms with E-state index in [0.29, 0.717) is 0 Å². The lowest BCUT2D eigenvalue weighted by Crippen LogP contribution is -2.03. The fraction of sp³-hybridized carbons (Fsp3) is 0.294. The van der Waals surface area contributed by atoms with Crippen molar-refractivity contribution in [2.45, 2.75) is 32.6 Å². The lowest BCUT2D eigenvalue weighted by Gasteiger charge is -2.10. The van der Waals surface area contributed by atoms with Gasteiger partial charge in [-0.25, -0.2) is 0 Å². The number of rotatable bonds is 3. The van der Waals surface area contributed by atoms with E-state index < -0.39 is 0 Å². The lowest BCUT2D eigenvalue weighted by atomic mass is 9.98. The molecule has 0 atom stereocenters. The highest BCUT2D eigenvalue weighted by atomic mass is 14.7. The van der Waals surface area contributed by atoms with Gasteiger partial charge in [0.2, 0.25) is 0 Å². The summed E-state index contributed by atoms with van der Waals surface area (Å²) < 4.78 is 0. The molecule has 0 fully saturated rings. The minimum absolute atomic E-state index is 1.05. The first-order valence-corrected chi connectivity index (χ1v) is 6.88. The molecule has 0 amide bonds. The first-order chi connectivity index (χ1) is 9.34. The summed E-state index contributed by atoms with van der Waals surface area (Å²) in [5, 5.41) is 1.29. The Morgan fingerprint density at radius 1 is 1.16 bits per heavy atom. The van der Waals surface area contributed by atoms with Crippen molar-refractivity contribution in [3.05, 3.63) is 53.9 Å². The van der Waals surface area contributed by atoms with Gasteiger partial charge in [-0.1, -0.05) is 24.3 Å². The van der Waals surface area contributed by atoms with Crippen LogP contribution in [0.4, 0.5) is 0 Å². The zero-order valence-corrected chi connectivity index (χ0v) is 11.3. The molecule has 0 saturated heterocycles. The molecule has 96 valence electrons. The zero-order chi connectivity index (χ0) is 13.1. The number of allylic oxidation sites excluding steroid dienone is 1. The molecule has 19 heavy (non-hydrogen) atoms. The Hall–Kier alpha value is -1.96. The number of aryl methyl sites for hydroxylation is 2. The van der Waals surface area contributed by atoms with Crippen LogP contribution in [0.2, 0.25) is 0 Å². The second kappa shape index (κ2) is 5.35. The number of benzene rings is 1. The highest BCUT2D eigenvalue weighted by molar-refractivity contribution is 5.88. The Kier molecular flexibility index (Phi) is 3.41. The molecular formula is C17H18N2. The first-order valence-electron chi connectivity index (χ1n) is 6.88. The van der Waals surface area contributed by atoms with Gasteiger partial charge in [0.1, 0.15) is 0 Å². The number of fused-ring (bicyclic) bond motifs is 1. The van der Waals surface area contributed by atoms with Gasteiger partial charge in [-0.05, 0) is 49.8 Å². The summed E-state index contributed by atoms with van der Waals surface area (Å²) in [6.07, 6.45) is 10.3. The fourth-order valence-electron chi connectivity index (χ4n) is 2.61. The third-order valence-electron chi connectivity index (χ3n) is 3.71. The average molecular weight is 250 g/mol. The number of pyridine rings is 1. The molecule has 0 aliphatic carbocycles. The molecule has 2 heteroatoms. The highest BCUT2D eigenvalue weighted by Gasteiger charge is 2.07. The van der Waals surface area contributed by atoms with E-state index in [1.54, 1.807) is 0 Å². The molecule has 0 radical (unpaired) electrons. The van der Waals surface area contributed by atoms with Crippen molar-refractivity contribution in [3.63, 3.8) is 0 Å². The van der Waals surface area contributed by atoms with Gasteiger partial charge in [-0.15, -0.1) is 0 Å². The average Bonchev–Trinajstić information content (AvgIpc) is 2.48. The topological polar surface area (TPSA) is 25.2 Å². The molecular weight excluding hydrogens is 232 g/mol. The maximum atomic E-state index is 4.49. The van der Waals surface area contributed by atoms with Crippen LogP contribution in [-0.2, 0) is 6.42 Å². The zero-order valence-electron chi connectivity index (χ0n) is 11.3. The second-order valence-corrected chi connectivity index (χ2v) is 5.06. The van der Waals surface area contributed by atoms with E-state index in [2.05, 4.69) is 41.2 Å². The maximum Gasteiger partial charge on any atom is 0.0733 e. The van der Waals surface area contributed by atoms with Gasteiger partial charge < -0.3 is 0 Å². The van der Waals surface area contributed by atoms with E-state index >= 15 is 0 Å². The smallest absolute Gasteiger partial charge is 0.0733 e. The van der Waals surface area contributed by atoms with Gasteiger partial charge in [0.15, 0.2) is 0 Å². The van der Waals surface area contributed by atoms with Crippen molar-refractivity contribution in [2.75, 3.05) is 0 Å². The van der Waals surface area contributed by atoms with Gasteiger partial charge in [0.25, 0.3) is 0 Å². The third kappa shape index (κ3) is 2.58. The summed E-state index contributed by atoms with van der Waals surface area (Å²) in [5.41, 5.74) is 5.08. The van der Waals surface area contributed by atoms with E-state index in [1.807, 2.05) is 18.5 Å². The summed E-state index contributed by atoms with van der Waals surface area (Å²) in [6, 6.07) is 8.60. The van der Waals surface area contributed by atoms with Gasteiger partial charge in [0.05, 0.1) is 5.52 Å². The standard InChI is InChI=1S/C17H18N2/c1-13-7-8-14(16-6-4-12-19-17(13)16)9-10-15-5-2-3-11-18-15/h3-4,6-8,11-12H,2,5,9-10H2,1H3. The largest absolute Gasteiger partial charge is 0.266 e. The van der Waals surface area contributed by atoms with Crippen LogP contribution < -0.4 is 0 Å². The molecule has 1 aliphatic rings. The normalized spacial score (nSPS) is 14.7. The molecule has 2 heterocycles. The molecule has 3 rings (SSSR count). The Bertz CT molecular complexity index is 653. The Morgan fingerprint density at radius 3 is 2.95 bits per heavy atom. The van der Waals surface area contributed by atoms with Crippen LogP contribution in [0.15, 0.2) is 47.7 Å². The molecule has 1 aromatic heterocycles. The number of hydrogen-bond acceptors (Lipinski definition) is 2. The first kappa shape index (κ1) is 12.1. The number of aliphatic imine (C=N–C) groups is 1. The van der Waals surface area contributed by atoms with E-state index in [-0.39, 0.29) is 0 Å². The molecule has 0 unspecified atom stereocenters. The molecule has 2 nitrogen and oxygen atoms in total. The van der Waals surface area contributed by atoms with Crippen molar-refractivity contribution in [3.8, 4) is 0 Å². The van der Waals surface area contributed by atoms with Gasteiger partial charge >= 0.3 is 0 Å². The highest BCUT2D eigenvalue weighted by Crippen LogP contribution is 2.22. The van der Waals surface area contributed by atoms with Crippen molar-refractivity contribution in [1.29, 1.82) is 0 Å². The van der Waals surface area contributed by atoms with Crippen LogP contribution in [0.25, 0.3) is 10.9 Å².